The number of benzene rings is 1. The Morgan fingerprint density at radius 2 is 2.27 bits per heavy atom. The van der Waals surface area contributed by atoms with E-state index in [4.69, 9.17) is 5.11 Å². The summed E-state index contributed by atoms with van der Waals surface area (Å²) in [4.78, 5) is 0. The number of hydrogen-bond donors (Lipinski definition) is 2. The van der Waals surface area contributed by atoms with Crippen LogP contribution in [0, 0.1) is 5.82 Å². The molecular weight excluding hydrogens is 261 g/mol. The van der Waals surface area contributed by atoms with E-state index in [9.17, 15) is 4.39 Å². The standard InChI is InChI=1S/C11H15BrFNO/c1-2-10(7-15)14-6-8-5-9(13)3-4-11(8)12/h3-5,10,14-15H,2,6-7H2,1H3/t10-/m0/s1. The van der Waals surface area contributed by atoms with E-state index in [1.165, 1.54) is 12.1 Å². The third-order valence-electron chi connectivity index (χ3n) is 2.30. The van der Waals surface area contributed by atoms with Crippen LogP contribution in [0.15, 0.2) is 22.7 Å². The summed E-state index contributed by atoms with van der Waals surface area (Å²) in [5.74, 6) is -0.243. The maximum Gasteiger partial charge on any atom is 0.123 e. The van der Waals surface area contributed by atoms with Gasteiger partial charge in [0.25, 0.3) is 0 Å². The molecule has 0 heterocycles. The number of nitrogens with one attached hydrogen (secondary N) is 1. The molecule has 1 rings (SSSR count). The molecule has 0 amide bonds. The fourth-order valence-electron chi connectivity index (χ4n) is 1.27. The monoisotopic (exact) mass is 275 g/mol. The van der Waals surface area contributed by atoms with Gasteiger partial charge in [-0.05, 0) is 30.2 Å². The second-order valence-electron chi connectivity index (χ2n) is 3.40. The largest absolute Gasteiger partial charge is 0.395 e. The molecule has 1 atom stereocenters. The van der Waals surface area contributed by atoms with Crippen molar-refractivity contribution in [1.29, 1.82) is 0 Å². The number of hydrogen-bond acceptors (Lipinski definition) is 2. The average molecular weight is 276 g/mol. The second kappa shape index (κ2) is 6.20. The number of halogens is 2. The maximum absolute atomic E-state index is 12.9. The third-order valence-corrected chi connectivity index (χ3v) is 3.08. The lowest BCUT2D eigenvalue weighted by Gasteiger charge is -2.14. The molecular formula is C11H15BrFNO. The Hall–Kier alpha value is -0.450. The quantitative estimate of drug-likeness (QED) is 0.865. The molecule has 0 spiro atoms. The highest BCUT2D eigenvalue weighted by Gasteiger charge is 2.06. The van der Waals surface area contributed by atoms with Crippen molar-refractivity contribution in [2.45, 2.75) is 25.9 Å². The van der Waals surface area contributed by atoms with E-state index >= 15 is 0 Å². The minimum absolute atomic E-state index is 0.0696. The molecule has 2 nitrogen and oxygen atoms in total. The predicted molar refractivity (Wildman–Crippen MR) is 62.1 cm³/mol. The van der Waals surface area contributed by atoms with E-state index in [-0.39, 0.29) is 18.5 Å². The van der Waals surface area contributed by atoms with Crippen LogP contribution in [-0.2, 0) is 6.54 Å². The van der Waals surface area contributed by atoms with Gasteiger partial charge in [0.05, 0.1) is 6.61 Å². The lowest BCUT2D eigenvalue weighted by Crippen LogP contribution is -2.31. The van der Waals surface area contributed by atoms with E-state index in [0.29, 0.717) is 6.54 Å². The molecule has 0 fully saturated rings. The fraction of sp³-hybridized carbons (Fsp3) is 0.455. The van der Waals surface area contributed by atoms with Crippen LogP contribution in [0.5, 0.6) is 0 Å². The van der Waals surface area contributed by atoms with Gasteiger partial charge in [-0.3, -0.25) is 0 Å². The molecule has 1 aromatic rings. The van der Waals surface area contributed by atoms with Crippen LogP contribution in [0.3, 0.4) is 0 Å². The molecule has 4 heteroatoms. The molecule has 15 heavy (non-hydrogen) atoms. The Labute approximate surface area is 97.6 Å². The van der Waals surface area contributed by atoms with Crippen molar-refractivity contribution in [3.63, 3.8) is 0 Å². The van der Waals surface area contributed by atoms with E-state index in [1.54, 1.807) is 6.07 Å². The van der Waals surface area contributed by atoms with Crippen molar-refractivity contribution in [2.24, 2.45) is 0 Å². The summed E-state index contributed by atoms with van der Waals surface area (Å²) in [5, 5.41) is 12.1. The molecule has 84 valence electrons. The first-order valence-electron chi connectivity index (χ1n) is 4.95. The Morgan fingerprint density at radius 3 is 2.87 bits per heavy atom. The van der Waals surface area contributed by atoms with Gasteiger partial charge < -0.3 is 10.4 Å². The SMILES string of the molecule is CC[C@@H](CO)NCc1cc(F)ccc1Br. The van der Waals surface area contributed by atoms with Crippen molar-refractivity contribution in [2.75, 3.05) is 6.61 Å². The van der Waals surface area contributed by atoms with E-state index in [1.807, 2.05) is 6.92 Å². The molecule has 0 aliphatic carbocycles. The summed E-state index contributed by atoms with van der Waals surface area (Å²) in [6, 6.07) is 4.66. The Balaban J connectivity index is 2.60. The molecule has 0 bridgehead atoms. The normalized spacial score (nSPS) is 12.8. The zero-order valence-electron chi connectivity index (χ0n) is 8.63. The first kappa shape index (κ1) is 12.6. The van der Waals surface area contributed by atoms with Gasteiger partial charge in [0.1, 0.15) is 5.82 Å². The van der Waals surface area contributed by atoms with Crippen molar-refractivity contribution in [3.8, 4) is 0 Å². The minimum Gasteiger partial charge on any atom is -0.395 e. The summed E-state index contributed by atoms with van der Waals surface area (Å²) in [6.45, 7) is 2.65. The Bertz CT molecular complexity index is 315. The predicted octanol–water partition coefficient (Wildman–Crippen LogP) is 2.45. The molecule has 0 aliphatic rings. The van der Waals surface area contributed by atoms with Gasteiger partial charge in [-0.15, -0.1) is 0 Å². The molecule has 0 aliphatic heterocycles. The van der Waals surface area contributed by atoms with Crippen LogP contribution in [-0.4, -0.2) is 17.8 Å². The highest BCUT2D eigenvalue weighted by Crippen LogP contribution is 2.17. The molecule has 0 saturated heterocycles. The van der Waals surface area contributed by atoms with Crippen LogP contribution in [0.1, 0.15) is 18.9 Å². The fourth-order valence-corrected chi connectivity index (χ4v) is 1.66. The van der Waals surface area contributed by atoms with Crippen LogP contribution in [0.25, 0.3) is 0 Å². The highest BCUT2D eigenvalue weighted by atomic mass is 79.9. The maximum atomic E-state index is 12.9. The van der Waals surface area contributed by atoms with Gasteiger partial charge in [-0.2, -0.15) is 0 Å². The Kier molecular flexibility index (Phi) is 5.22. The highest BCUT2D eigenvalue weighted by molar-refractivity contribution is 9.10. The Morgan fingerprint density at radius 1 is 1.53 bits per heavy atom. The van der Waals surface area contributed by atoms with Crippen molar-refractivity contribution >= 4 is 15.9 Å². The van der Waals surface area contributed by atoms with Crippen molar-refractivity contribution < 1.29 is 9.50 Å². The minimum atomic E-state index is -0.243. The first-order chi connectivity index (χ1) is 7.17. The lowest BCUT2D eigenvalue weighted by molar-refractivity contribution is 0.238. The zero-order chi connectivity index (χ0) is 11.3. The number of aliphatic hydroxyl groups excluding tert-OH is 1. The zero-order valence-corrected chi connectivity index (χ0v) is 10.2. The first-order valence-corrected chi connectivity index (χ1v) is 5.74. The van der Waals surface area contributed by atoms with Gasteiger partial charge in [-0.1, -0.05) is 22.9 Å². The van der Waals surface area contributed by atoms with Crippen LogP contribution >= 0.6 is 15.9 Å². The van der Waals surface area contributed by atoms with Gasteiger partial charge in [0.2, 0.25) is 0 Å². The number of rotatable bonds is 5. The van der Waals surface area contributed by atoms with Crippen molar-refractivity contribution in [3.05, 3.63) is 34.1 Å². The van der Waals surface area contributed by atoms with Crippen molar-refractivity contribution in [1.82, 2.24) is 5.32 Å². The van der Waals surface area contributed by atoms with Crippen LogP contribution in [0.4, 0.5) is 4.39 Å². The van der Waals surface area contributed by atoms with Crippen LogP contribution in [0.2, 0.25) is 0 Å². The van der Waals surface area contributed by atoms with Crippen LogP contribution < -0.4 is 5.32 Å². The lowest BCUT2D eigenvalue weighted by atomic mass is 10.2. The molecule has 0 aromatic heterocycles. The van der Waals surface area contributed by atoms with E-state index < -0.39 is 0 Å². The molecule has 2 N–H and O–H groups in total. The van der Waals surface area contributed by atoms with Gasteiger partial charge >= 0.3 is 0 Å². The summed E-state index contributed by atoms with van der Waals surface area (Å²) in [7, 11) is 0. The summed E-state index contributed by atoms with van der Waals surface area (Å²) < 4.78 is 13.8. The second-order valence-corrected chi connectivity index (χ2v) is 4.26. The third kappa shape index (κ3) is 3.89. The topological polar surface area (TPSA) is 32.3 Å². The summed E-state index contributed by atoms with van der Waals surface area (Å²) in [6.07, 6.45) is 0.851. The summed E-state index contributed by atoms with van der Waals surface area (Å²) >= 11 is 3.36. The van der Waals surface area contributed by atoms with Gasteiger partial charge in [0.15, 0.2) is 0 Å². The summed E-state index contributed by atoms with van der Waals surface area (Å²) in [5.41, 5.74) is 0.863. The van der Waals surface area contributed by atoms with Gasteiger partial charge in [-0.25, -0.2) is 4.39 Å². The van der Waals surface area contributed by atoms with Gasteiger partial charge in [0, 0.05) is 17.1 Å². The molecule has 1 aromatic carbocycles. The average Bonchev–Trinajstić information content (AvgIpc) is 2.24. The van der Waals surface area contributed by atoms with E-state index in [2.05, 4.69) is 21.2 Å². The smallest absolute Gasteiger partial charge is 0.123 e. The molecule has 0 radical (unpaired) electrons. The molecule has 0 unspecified atom stereocenters. The number of aliphatic hydroxyl groups is 1. The molecule has 0 saturated carbocycles. The van der Waals surface area contributed by atoms with E-state index in [0.717, 1.165) is 16.5 Å².